The van der Waals surface area contributed by atoms with Crippen LogP contribution in [0.3, 0.4) is 0 Å². The molecule has 0 heterocycles. The van der Waals surface area contributed by atoms with E-state index in [1.54, 1.807) is 0 Å². The number of benzene rings is 2. The predicted molar refractivity (Wildman–Crippen MR) is 81.4 cm³/mol. The van der Waals surface area contributed by atoms with E-state index in [4.69, 9.17) is 0 Å². The fraction of sp³-hybridized carbons (Fsp3) is 0.235. The first kappa shape index (κ1) is 14.1. The Morgan fingerprint density at radius 2 is 1.40 bits per heavy atom. The molecule has 0 bridgehead atoms. The summed E-state index contributed by atoms with van der Waals surface area (Å²) >= 11 is 0. The van der Waals surface area contributed by atoms with E-state index in [1.165, 1.54) is 5.56 Å². The van der Waals surface area contributed by atoms with Crippen LogP contribution in [0.5, 0.6) is 0 Å². The molecule has 2 rings (SSSR count). The molecule has 3 nitrogen and oxygen atoms in total. The third-order valence-corrected chi connectivity index (χ3v) is 3.07. The van der Waals surface area contributed by atoms with Crippen molar-refractivity contribution in [1.29, 1.82) is 0 Å². The van der Waals surface area contributed by atoms with Gasteiger partial charge in [0.1, 0.15) is 0 Å². The smallest absolute Gasteiger partial charge is 0.315 e. The number of nitrogens with one attached hydrogen (secondary N) is 2. The predicted octanol–water partition coefficient (Wildman–Crippen LogP) is 3.12. The van der Waals surface area contributed by atoms with Crippen LogP contribution in [0.15, 0.2) is 60.7 Å². The lowest BCUT2D eigenvalue weighted by molar-refractivity contribution is 0.240. The van der Waals surface area contributed by atoms with Crippen molar-refractivity contribution in [3.05, 3.63) is 71.8 Å². The number of carbonyl (C=O) groups excluding carboxylic acids is 1. The molecule has 104 valence electrons. The molecular weight excluding hydrogens is 248 g/mol. The molecule has 2 aromatic carbocycles. The molecule has 0 aliphatic heterocycles. The van der Waals surface area contributed by atoms with E-state index in [1.807, 2.05) is 48.5 Å². The Kier molecular flexibility index (Phi) is 5.65. The van der Waals surface area contributed by atoms with E-state index < -0.39 is 0 Å². The summed E-state index contributed by atoms with van der Waals surface area (Å²) in [4.78, 5) is 11.6. The van der Waals surface area contributed by atoms with Crippen LogP contribution < -0.4 is 10.6 Å². The van der Waals surface area contributed by atoms with E-state index in [0.29, 0.717) is 13.1 Å². The van der Waals surface area contributed by atoms with Crippen LogP contribution in [0.1, 0.15) is 17.5 Å². The molecule has 0 saturated carbocycles. The molecular formula is C17H20N2O. The van der Waals surface area contributed by atoms with Gasteiger partial charge in [-0.1, -0.05) is 60.7 Å². The summed E-state index contributed by atoms with van der Waals surface area (Å²) in [5, 5.41) is 5.72. The van der Waals surface area contributed by atoms with Gasteiger partial charge in [-0.15, -0.1) is 0 Å². The third-order valence-electron chi connectivity index (χ3n) is 3.07. The summed E-state index contributed by atoms with van der Waals surface area (Å²) in [6.07, 6.45) is 1.93. The van der Waals surface area contributed by atoms with Crippen molar-refractivity contribution in [3.8, 4) is 0 Å². The minimum Gasteiger partial charge on any atom is -0.338 e. The van der Waals surface area contributed by atoms with Crippen molar-refractivity contribution in [2.45, 2.75) is 19.4 Å². The maximum atomic E-state index is 11.6. The molecule has 0 aliphatic carbocycles. The van der Waals surface area contributed by atoms with Gasteiger partial charge in [-0.25, -0.2) is 4.79 Å². The molecule has 2 N–H and O–H groups in total. The lowest BCUT2D eigenvalue weighted by Gasteiger charge is -2.07. The highest BCUT2D eigenvalue weighted by Gasteiger charge is 1.99. The van der Waals surface area contributed by atoms with Crippen molar-refractivity contribution in [3.63, 3.8) is 0 Å². The van der Waals surface area contributed by atoms with Gasteiger partial charge >= 0.3 is 6.03 Å². The fourth-order valence-electron chi connectivity index (χ4n) is 1.98. The molecule has 0 unspecified atom stereocenters. The van der Waals surface area contributed by atoms with Crippen molar-refractivity contribution in [2.75, 3.05) is 6.54 Å². The second kappa shape index (κ2) is 8.00. The summed E-state index contributed by atoms with van der Waals surface area (Å²) in [5.41, 5.74) is 2.41. The Labute approximate surface area is 120 Å². The van der Waals surface area contributed by atoms with Crippen molar-refractivity contribution >= 4 is 6.03 Å². The van der Waals surface area contributed by atoms with Crippen LogP contribution in [0.25, 0.3) is 0 Å². The average Bonchev–Trinajstić information content (AvgIpc) is 2.52. The molecule has 3 heteroatoms. The highest BCUT2D eigenvalue weighted by atomic mass is 16.2. The Bertz CT molecular complexity index is 511. The molecule has 0 spiro atoms. The van der Waals surface area contributed by atoms with Gasteiger partial charge in [0.2, 0.25) is 0 Å². The first-order valence-corrected chi connectivity index (χ1v) is 6.94. The van der Waals surface area contributed by atoms with E-state index in [9.17, 15) is 4.79 Å². The van der Waals surface area contributed by atoms with E-state index in [2.05, 4.69) is 22.8 Å². The van der Waals surface area contributed by atoms with Gasteiger partial charge in [0.15, 0.2) is 0 Å². The Hall–Kier alpha value is -2.29. The second-order valence-corrected chi connectivity index (χ2v) is 4.68. The molecule has 0 radical (unpaired) electrons. The monoisotopic (exact) mass is 268 g/mol. The van der Waals surface area contributed by atoms with E-state index in [0.717, 1.165) is 18.4 Å². The Morgan fingerprint density at radius 1 is 0.800 bits per heavy atom. The van der Waals surface area contributed by atoms with E-state index >= 15 is 0 Å². The zero-order valence-corrected chi connectivity index (χ0v) is 11.5. The first-order chi connectivity index (χ1) is 9.84. The summed E-state index contributed by atoms with van der Waals surface area (Å²) in [6, 6.07) is 20.1. The SMILES string of the molecule is O=C(NCCCc1ccccc1)NCc1ccccc1. The van der Waals surface area contributed by atoms with E-state index in [-0.39, 0.29) is 6.03 Å². The molecule has 2 amide bonds. The molecule has 0 atom stereocenters. The Morgan fingerprint density at radius 3 is 2.05 bits per heavy atom. The fourth-order valence-corrected chi connectivity index (χ4v) is 1.98. The number of hydrogen-bond donors (Lipinski definition) is 2. The number of aryl methyl sites for hydroxylation is 1. The van der Waals surface area contributed by atoms with Gasteiger partial charge in [-0.05, 0) is 24.0 Å². The number of carbonyl (C=O) groups is 1. The summed E-state index contributed by atoms with van der Waals surface area (Å²) in [6.45, 7) is 1.25. The minimum absolute atomic E-state index is 0.109. The first-order valence-electron chi connectivity index (χ1n) is 6.94. The third kappa shape index (κ3) is 5.14. The second-order valence-electron chi connectivity index (χ2n) is 4.68. The average molecular weight is 268 g/mol. The normalized spacial score (nSPS) is 10.0. The van der Waals surface area contributed by atoms with Crippen LogP contribution >= 0.6 is 0 Å². The van der Waals surface area contributed by atoms with Gasteiger partial charge in [0.25, 0.3) is 0 Å². The van der Waals surface area contributed by atoms with Gasteiger partial charge < -0.3 is 10.6 Å². The summed E-state index contributed by atoms with van der Waals surface area (Å²) in [5.74, 6) is 0. The topological polar surface area (TPSA) is 41.1 Å². The highest BCUT2D eigenvalue weighted by Crippen LogP contribution is 2.01. The molecule has 0 saturated heterocycles. The minimum atomic E-state index is -0.109. The molecule has 0 aliphatic rings. The molecule has 2 aromatic rings. The molecule has 20 heavy (non-hydrogen) atoms. The van der Waals surface area contributed by atoms with Crippen molar-refractivity contribution in [2.24, 2.45) is 0 Å². The zero-order chi connectivity index (χ0) is 14.0. The van der Waals surface area contributed by atoms with Gasteiger partial charge in [0.05, 0.1) is 0 Å². The van der Waals surface area contributed by atoms with Gasteiger partial charge in [-0.2, -0.15) is 0 Å². The summed E-state index contributed by atoms with van der Waals surface area (Å²) in [7, 11) is 0. The Balaban J connectivity index is 1.59. The lowest BCUT2D eigenvalue weighted by Crippen LogP contribution is -2.35. The summed E-state index contributed by atoms with van der Waals surface area (Å²) < 4.78 is 0. The molecule has 0 aromatic heterocycles. The van der Waals surface area contributed by atoms with Gasteiger partial charge in [-0.3, -0.25) is 0 Å². The van der Waals surface area contributed by atoms with Crippen LogP contribution in [0.4, 0.5) is 4.79 Å². The number of rotatable bonds is 6. The van der Waals surface area contributed by atoms with Crippen molar-refractivity contribution < 1.29 is 4.79 Å². The molecule has 0 fully saturated rings. The van der Waals surface area contributed by atoms with Crippen molar-refractivity contribution in [1.82, 2.24) is 10.6 Å². The van der Waals surface area contributed by atoms with Gasteiger partial charge in [0, 0.05) is 13.1 Å². The maximum absolute atomic E-state index is 11.6. The number of urea groups is 1. The van der Waals surface area contributed by atoms with Crippen LogP contribution in [0, 0.1) is 0 Å². The number of hydrogen-bond acceptors (Lipinski definition) is 1. The van der Waals surface area contributed by atoms with Crippen LogP contribution in [-0.2, 0) is 13.0 Å². The standard InChI is InChI=1S/C17H20N2O/c20-17(19-14-16-10-5-2-6-11-16)18-13-7-12-15-8-3-1-4-9-15/h1-6,8-11H,7,12-14H2,(H2,18,19,20). The zero-order valence-electron chi connectivity index (χ0n) is 11.5. The van der Waals surface area contributed by atoms with Crippen LogP contribution in [0.2, 0.25) is 0 Å². The van der Waals surface area contributed by atoms with Crippen LogP contribution in [-0.4, -0.2) is 12.6 Å². The maximum Gasteiger partial charge on any atom is 0.315 e. The largest absolute Gasteiger partial charge is 0.338 e. The highest BCUT2D eigenvalue weighted by molar-refractivity contribution is 5.73. The number of amides is 2. The lowest BCUT2D eigenvalue weighted by atomic mass is 10.1. The quantitative estimate of drug-likeness (QED) is 0.776.